The average Bonchev–Trinajstić information content (AvgIpc) is 2.60. The van der Waals surface area contributed by atoms with Crippen molar-refractivity contribution in [2.75, 3.05) is 33.2 Å². The van der Waals surface area contributed by atoms with Crippen molar-refractivity contribution in [3.05, 3.63) is 35.1 Å². The summed E-state index contributed by atoms with van der Waals surface area (Å²) in [5.74, 6) is 1.27. The Kier molecular flexibility index (Phi) is 9.71. The van der Waals surface area contributed by atoms with Crippen molar-refractivity contribution in [3.63, 3.8) is 0 Å². The molecule has 2 rings (SSSR count). The lowest BCUT2D eigenvalue weighted by Crippen LogP contribution is -2.44. The number of guanidine groups is 1. The predicted octanol–water partition coefficient (Wildman–Crippen LogP) is 3.71. The molecule has 25 heavy (non-hydrogen) atoms. The first-order valence-corrected chi connectivity index (χ1v) is 8.99. The zero-order chi connectivity index (χ0) is 17.5. The molecule has 142 valence electrons. The normalized spacial score (nSPS) is 19.9. The molecule has 2 unspecified atom stereocenters. The molecule has 1 aromatic rings. The van der Waals surface area contributed by atoms with Crippen LogP contribution in [0.15, 0.2) is 23.2 Å². The summed E-state index contributed by atoms with van der Waals surface area (Å²) in [6, 6.07) is 5.38. The molecule has 1 fully saturated rings. The molecular formula is C19H32FIN4. The van der Waals surface area contributed by atoms with E-state index in [9.17, 15) is 4.39 Å². The predicted molar refractivity (Wildman–Crippen MR) is 114 cm³/mol. The third-order valence-corrected chi connectivity index (χ3v) is 4.88. The highest BCUT2D eigenvalue weighted by atomic mass is 127. The highest BCUT2D eigenvalue weighted by Crippen LogP contribution is 2.17. The molecule has 1 aliphatic heterocycles. The van der Waals surface area contributed by atoms with Crippen molar-refractivity contribution < 1.29 is 4.39 Å². The van der Waals surface area contributed by atoms with E-state index in [0.717, 1.165) is 31.2 Å². The fourth-order valence-electron chi connectivity index (χ4n) is 3.21. The van der Waals surface area contributed by atoms with Crippen LogP contribution in [-0.2, 0) is 0 Å². The number of hydrogen-bond donors (Lipinski definition) is 2. The van der Waals surface area contributed by atoms with Gasteiger partial charge < -0.3 is 15.5 Å². The van der Waals surface area contributed by atoms with Crippen LogP contribution in [0, 0.1) is 18.7 Å². The quantitative estimate of drug-likeness (QED) is 0.398. The van der Waals surface area contributed by atoms with E-state index < -0.39 is 0 Å². The molecule has 2 atom stereocenters. The lowest BCUT2D eigenvalue weighted by atomic mass is 9.98. The van der Waals surface area contributed by atoms with Gasteiger partial charge in [0, 0.05) is 20.1 Å². The molecule has 0 aliphatic carbocycles. The van der Waals surface area contributed by atoms with Crippen molar-refractivity contribution in [3.8, 4) is 0 Å². The fourth-order valence-corrected chi connectivity index (χ4v) is 3.21. The van der Waals surface area contributed by atoms with Gasteiger partial charge in [-0.1, -0.05) is 19.1 Å². The molecule has 4 nitrogen and oxygen atoms in total. The van der Waals surface area contributed by atoms with Crippen molar-refractivity contribution in [2.45, 2.75) is 39.7 Å². The second kappa shape index (κ2) is 11.0. The van der Waals surface area contributed by atoms with Gasteiger partial charge in [-0.15, -0.1) is 24.0 Å². The number of aryl methyl sites for hydroxylation is 1. The van der Waals surface area contributed by atoms with Crippen molar-refractivity contribution in [1.29, 1.82) is 0 Å². The third kappa shape index (κ3) is 6.73. The minimum atomic E-state index is -0.161. The largest absolute Gasteiger partial charge is 0.356 e. The van der Waals surface area contributed by atoms with Gasteiger partial charge in [0.2, 0.25) is 0 Å². The standard InChI is InChI=1S/C19H31FN4.HI/c1-5-24-10-6-7-16(13-24)12-22-19(21-4)23-15(3)17-9-8-14(2)18(20)11-17;/h8-9,11,15-16H,5-7,10,12-13H2,1-4H3,(H2,21,22,23);1H. The maximum Gasteiger partial charge on any atom is 0.191 e. The van der Waals surface area contributed by atoms with Crippen LogP contribution in [0.25, 0.3) is 0 Å². The summed E-state index contributed by atoms with van der Waals surface area (Å²) in [5, 5.41) is 6.78. The number of nitrogens with one attached hydrogen (secondary N) is 2. The first-order chi connectivity index (χ1) is 11.5. The fraction of sp³-hybridized carbons (Fsp3) is 0.632. The Morgan fingerprint density at radius 3 is 2.84 bits per heavy atom. The van der Waals surface area contributed by atoms with Crippen LogP contribution >= 0.6 is 24.0 Å². The van der Waals surface area contributed by atoms with E-state index in [1.54, 1.807) is 20.0 Å². The van der Waals surface area contributed by atoms with E-state index in [1.807, 2.05) is 19.1 Å². The topological polar surface area (TPSA) is 39.7 Å². The van der Waals surface area contributed by atoms with E-state index in [1.165, 1.54) is 19.4 Å². The van der Waals surface area contributed by atoms with Gasteiger partial charge in [-0.25, -0.2) is 4.39 Å². The Hall–Kier alpha value is -0.890. The van der Waals surface area contributed by atoms with Crippen LogP contribution in [0.2, 0.25) is 0 Å². The molecule has 0 amide bonds. The Labute approximate surface area is 168 Å². The summed E-state index contributed by atoms with van der Waals surface area (Å²) >= 11 is 0. The molecule has 0 saturated carbocycles. The molecule has 2 N–H and O–H groups in total. The van der Waals surface area contributed by atoms with Crippen LogP contribution in [0.4, 0.5) is 4.39 Å². The zero-order valence-electron chi connectivity index (χ0n) is 15.8. The first-order valence-electron chi connectivity index (χ1n) is 8.99. The summed E-state index contributed by atoms with van der Waals surface area (Å²) in [5.41, 5.74) is 1.60. The zero-order valence-corrected chi connectivity index (χ0v) is 18.1. The second-order valence-corrected chi connectivity index (χ2v) is 6.73. The SMILES string of the molecule is CCN1CCCC(CNC(=NC)NC(C)c2ccc(C)c(F)c2)C1.I. The van der Waals surface area contributed by atoms with Crippen molar-refractivity contribution >= 4 is 29.9 Å². The number of nitrogens with zero attached hydrogens (tertiary/aromatic N) is 2. The van der Waals surface area contributed by atoms with E-state index in [2.05, 4.69) is 27.4 Å². The Morgan fingerprint density at radius 1 is 1.44 bits per heavy atom. The summed E-state index contributed by atoms with van der Waals surface area (Å²) in [4.78, 5) is 6.81. The van der Waals surface area contributed by atoms with Crippen LogP contribution in [-0.4, -0.2) is 44.1 Å². The van der Waals surface area contributed by atoms with Gasteiger partial charge in [-0.3, -0.25) is 4.99 Å². The smallest absolute Gasteiger partial charge is 0.191 e. The maximum atomic E-state index is 13.7. The van der Waals surface area contributed by atoms with Crippen LogP contribution in [0.1, 0.15) is 43.9 Å². The summed E-state index contributed by atoms with van der Waals surface area (Å²) in [6.45, 7) is 10.4. The Balaban J connectivity index is 0.00000312. The van der Waals surface area contributed by atoms with Gasteiger partial charge in [0.1, 0.15) is 5.82 Å². The highest BCUT2D eigenvalue weighted by molar-refractivity contribution is 14.0. The third-order valence-electron chi connectivity index (χ3n) is 4.88. The average molecular weight is 462 g/mol. The summed E-state index contributed by atoms with van der Waals surface area (Å²) in [6.07, 6.45) is 2.53. The Morgan fingerprint density at radius 2 is 2.20 bits per heavy atom. The Bertz CT molecular complexity index is 564. The lowest BCUT2D eigenvalue weighted by Gasteiger charge is -2.32. The number of likely N-dealkylation sites (tertiary alicyclic amines) is 1. The van der Waals surface area contributed by atoms with E-state index >= 15 is 0 Å². The van der Waals surface area contributed by atoms with Crippen LogP contribution in [0.3, 0.4) is 0 Å². The summed E-state index contributed by atoms with van der Waals surface area (Å²) < 4.78 is 13.7. The van der Waals surface area contributed by atoms with Gasteiger partial charge in [-0.2, -0.15) is 0 Å². The molecule has 6 heteroatoms. The van der Waals surface area contributed by atoms with Gasteiger partial charge in [-0.05, 0) is 62.9 Å². The van der Waals surface area contributed by atoms with Gasteiger partial charge in [0.15, 0.2) is 5.96 Å². The monoisotopic (exact) mass is 462 g/mol. The van der Waals surface area contributed by atoms with E-state index in [-0.39, 0.29) is 35.8 Å². The number of benzene rings is 1. The van der Waals surface area contributed by atoms with E-state index in [0.29, 0.717) is 11.5 Å². The molecule has 0 radical (unpaired) electrons. The number of aliphatic imine (C=N–C) groups is 1. The van der Waals surface area contributed by atoms with Gasteiger partial charge in [0.05, 0.1) is 6.04 Å². The van der Waals surface area contributed by atoms with E-state index in [4.69, 9.17) is 0 Å². The molecule has 1 aliphatic rings. The molecule has 0 bridgehead atoms. The number of halogens is 2. The molecule has 1 heterocycles. The molecule has 1 saturated heterocycles. The molecule has 0 aromatic heterocycles. The lowest BCUT2D eigenvalue weighted by molar-refractivity contribution is 0.183. The second-order valence-electron chi connectivity index (χ2n) is 6.73. The molecule has 0 spiro atoms. The van der Waals surface area contributed by atoms with Crippen LogP contribution < -0.4 is 10.6 Å². The summed E-state index contributed by atoms with van der Waals surface area (Å²) in [7, 11) is 1.77. The first kappa shape index (κ1) is 22.2. The number of piperidine rings is 1. The van der Waals surface area contributed by atoms with Crippen LogP contribution in [0.5, 0.6) is 0 Å². The maximum absolute atomic E-state index is 13.7. The number of hydrogen-bond acceptors (Lipinski definition) is 2. The van der Waals surface area contributed by atoms with Gasteiger partial charge >= 0.3 is 0 Å². The van der Waals surface area contributed by atoms with Crippen molar-refractivity contribution in [1.82, 2.24) is 15.5 Å². The van der Waals surface area contributed by atoms with Crippen molar-refractivity contribution in [2.24, 2.45) is 10.9 Å². The highest BCUT2D eigenvalue weighted by Gasteiger charge is 2.19. The minimum Gasteiger partial charge on any atom is -0.356 e. The molecular weight excluding hydrogens is 430 g/mol. The molecule has 1 aromatic carbocycles. The minimum absolute atomic E-state index is 0. The number of rotatable bonds is 5. The van der Waals surface area contributed by atoms with Gasteiger partial charge in [0.25, 0.3) is 0 Å².